The molecule has 0 saturated heterocycles. The van der Waals surface area contributed by atoms with Crippen LogP contribution < -0.4 is 5.32 Å². The monoisotopic (exact) mass is 169 g/mol. The van der Waals surface area contributed by atoms with Gasteiger partial charge >= 0.3 is 21.5 Å². The number of carbonyl (C=O) groups is 2. The lowest BCUT2D eigenvalue weighted by Gasteiger charge is -1.92. The van der Waals surface area contributed by atoms with Crippen molar-refractivity contribution in [2.75, 3.05) is 0 Å². The van der Waals surface area contributed by atoms with E-state index in [-0.39, 0.29) is 0 Å². The van der Waals surface area contributed by atoms with Crippen LogP contribution in [0.4, 0.5) is 9.59 Å². The van der Waals surface area contributed by atoms with Gasteiger partial charge in [0.05, 0.1) is 0 Å². The van der Waals surface area contributed by atoms with Gasteiger partial charge in [-0.15, -0.1) is 0 Å². The van der Waals surface area contributed by atoms with Crippen LogP contribution in [0.2, 0.25) is 0 Å². The predicted molar refractivity (Wildman–Crippen MR) is 28.1 cm³/mol. The lowest BCUT2D eigenvalue weighted by molar-refractivity contribution is 0.194. The molecule has 0 unspecified atom stereocenters. The molecular weight excluding hydrogens is 166 g/mol. The second-order valence-corrected chi connectivity index (χ2v) is 2.51. The van der Waals surface area contributed by atoms with Crippen molar-refractivity contribution in [3.63, 3.8) is 0 Å². The Kier molecular flexibility index (Phi) is 2.32. The number of carbonyl (C=O) groups excluding carboxylic acids is 1. The number of carboxylic acid groups (broad SMARTS) is 1. The summed E-state index contributed by atoms with van der Waals surface area (Å²) in [6.45, 7) is 0. The molecule has 3 N–H and O–H groups in total. The fraction of sp³-hybridized carbons (Fsp3) is 0. The summed E-state index contributed by atoms with van der Waals surface area (Å²) in [5.41, 5.74) is 0. The van der Waals surface area contributed by atoms with Crippen molar-refractivity contribution < 1.29 is 27.7 Å². The molecule has 0 bridgehead atoms. The van der Waals surface area contributed by atoms with Crippen LogP contribution in [0.5, 0.6) is 0 Å². The van der Waals surface area contributed by atoms with Gasteiger partial charge in [0.25, 0.3) is 0 Å². The number of nitrogens with one attached hydrogen (secondary N) is 1. The zero-order valence-corrected chi connectivity index (χ0v) is 5.25. The van der Waals surface area contributed by atoms with Crippen LogP contribution in [0.1, 0.15) is 0 Å². The Labute approximate surface area is 55.4 Å². The third-order valence-corrected chi connectivity index (χ3v) is 1.01. The third kappa shape index (κ3) is 2.99. The van der Waals surface area contributed by atoms with Gasteiger partial charge in [-0.2, -0.15) is 8.42 Å². The van der Waals surface area contributed by atoms with Gasteiger partial charge in [0.2, 0.25) is 0 Å². The van der Waals surface area contributed by atoms with E-state index in [4.69, 9.17) is 9.66 Å². The Morgan fingerprint density at radius 3 is 1.80 bits per heavy atom. The summed E-state index contributed by atoms with van der Waals surface area (Å²) in [7, 11) is -4.93. The minimum absolute atomic E-state index is 0.922. The van der Waals surface area contributed by atoms with E-state index in [1.54, 1.807) is 0 Å². The van der Waals surface area contributed by atoms with Crippen LogP contribution in [0.15, 0.2) is 0 Å². The third-order valence-electron chi connectivity index (χ3n) is 0.443. The number of hydrogen-bond acceptors (Lipinski definition) is 4. The van der Waals surface area contributed by atoms with E-state index in [1.807, 2.05) is 0 Å². The fourth-order valence-corrected chi connectivity index (χ4v) is 0.368. The Morgan fingerprint density at radius 2 is 1.70 bits per heavy atom. The second-order valence-electron chi connectivity index (χ2n) is 1.19. The highest BCUT2D eigenvalue weighted by Gasteiger charge is 2.19. The van der Waals surface area contributed by atoms with Crippen molar-refractivity contribution in [3.8, 4) is 0 Å². The molecule has 0 saturated carbocycles. The van der Waals surface area contributed by atoms with Gasteiger partial charge < -0.3 is 5.11 Å². The molecule has 0 radical (unpaired) electrons. The van der Waals surface area contributed by atoms with Gasteiger partial charge in [-0.05, 0) is 0 Å². The van der Waals surface area contributed by atoms with E-state index >= 15 is 0 Å². The van der Waals surface area contributed by atoms with Gasteiger partial charge in [-0.3, -0.25) is 9.35 Å². The number of amides is 2. The normalized spacial score (nSPS) is 10.5. The standard InChI is InChI=1S/C2H3NO6S/c4-1(5)3-2(6)10(7,8)9/h(H,3,6)(H,4,5)(H,7,8,9). The van der Waals surface area contributed by atoms with Crippen molar-refractivity contribution in [1.82, 2.24) is 5.32 Å². The van der Waals surface area contributed by atoms with Crippen molar-refractivity contribution >= 4 is 21.5 Å². The molecule has 0 aromatic heterocycles. The molecule has 0 aliphatic heterocycles. The molecular formula is C2H3NO6S. The molecule has 7 nitrogen and oxygen atoms in total. The summed E-state index contributed by atoms with van der Waals surface area (Å²) in [6.07, 6.45) is -1.84. The van der Waals surface area contributed by atoms with E-state index in [2.05, 4.69) is 0 Å². The molecule has 0 atom stereocenters. The molecule has 0 spiro atoms. The Morgan fingerprint density at radius 1 is 1.30 bits per heavy atom. The molecule has 58 valence electrons. The van der Waals surface area contributed by atoms with E-state index < -0.39 is 21.5 Å². The highest BCUT2D eigenvalue weighted by molar-refractivity contribution is 8.01. The largest absolute Gasteiger partial charge is 0.465 e. The Hall–Kier alpha value is -1.15. The van der Waals surface area contributed by atoms with Gasteiger partial charge in [-0.1, -0.05) is 0 Å². The van der Waals surface area contributed by atoms with Crippen LogP contribution in [0, 0.1) is 0 Å². The summed E-state index contributed by atoms with van der Waals surface area (Å²) in [4.78, 5) is 19.5. The molecule has 0 rings (SSSR count). The average Bonchev–Trinajstić information content (AvgIpc) is 1.60. The maximum atomic E-state index is 9.95. The first kappa shape index (κ1) is 8.85. The lowest BCUT2D eigenvalue weighted by atomic mass is 11.1. The SMILES string of the molecule is O=C(O)NC(=O)S(=O)(=O)O. The van der Waals surface area contributed by atoms with Crippen LogP contribution in [0.25, 0.3) is 0 Å². The van der Waals surface area contributed by atoms with Gasteiger partial charge in [0.1, 0.15) is 0 Å². The zero-order valence-electron chi connectivity index (χ0n) is 4.44. The van der Waals surface area contributed by atoms with Crippen LogP contribution >= 0.6 is 0 Å². The van der Waals surface area contributed by atoms with Crippen LogP contribution in [-0.2, 0) is 10.1 Å². The first-order valence-electron chi connectivity index (χ1n) is 1.85. The predicted octanol–water partition coefficient (Wildman–Crippen LogP) is -0.738. The second kappa shape index (κ2) is 2.62. The quantitative estimate of drug-likeness (QED) is 0.410. The summed E-state index contributed by atoms with van der Waals surface area (Å²) in [6, 6.07) is 0. The van der Waals surface area contributed by atoms with Crippen molar-refractivity contribution in [3.05, 3.63) is 0 Å². The first-order chi connectivity index (χ1) is 4.34. The van der Waals surface area contributed by atoms with E-state index in [1.165, 1.54) is 0 Å². The molecule has 0 aromatic carbocycles. The minimum atomic E-state index is -4.93. The van der Waals surface area contributed by atoms with Gasteiger partial charge in [0, 0.05) is 0 Å². The number of rotatable bonds is 0. The summed E-state index contributed by atoms with van der Waals surface area (Å²) in [5, 5.41) is 6.70. The maximum Gasteiger partial charge on any atom is 0.412 e. The average molecular weight is 169 g/mol. The Bertz CT molecular complexity index is 251. The van der Waals surface area contributed by atoms with Crippen LogP contribution in [-0.4, -0.2) is 29.4 Å². The molecule has 0 aliphatic carbocycles. The first-order valence-corrected chi connectivity index (χ1v) is 3.29. The molecule has 8 heteroatoms. The number of imide groups is 1. The molecule has 2 amide bonds. The smallest absolute Gasteiger partial charge is 0.412 e. The zero-order chi connectivity index (χ0) is 8.36. The molecule has 0 fully saturated rings. The number of hydrogen-bond donors (Lipinski definition) is 3. The van der Waals surface area contributed by atoms with E-state index in [0.717, 1.165) is 5.32 Å². The maximum absolute atomic E-state index is 9.95. The van der Waals surface area contributed by atoms with Crippen molar-refractivity contribution in [2.45, 2.75) is 0 Å². The van der Waals surface area contributed by atoms with Crippen LogP contribution in [0.3, 0.4) is 0 Å². The van der Waals surface area contributed by atoms with E-state index in [9.17, 15) is 18.0 Å². The topological polar surface area (TPSA) is 121 Å². The van der Waals surface area contributed by atoms with Gasteiger partial charge in [0.15, 0.2) is 0 Å². The van der Waals surface area contributed by atoms with E-state index in [0.29, 0.717) is 0 Å². The molecule has 0 heterocycles. The summed E-state index contributed by atoms with van der Waals surface area (Å²) in [5.74, 6) is 0. The fourth-order valence-electron chi connectivity index (χ4n) is 0.152. The highest BCUT2D eigenvalue weighted by Crippen LogP contribution is 1.82. The van der Waals surface area contributed by atoms with Gasteiger partial charge in [-0.25, -0.2) is 10.1 Å². The Balaban J connectivity index is 4.28. The molecule has 10 heavy (non-hydrogen) atoms. The lowest BCUT2D eigenvalue weighted by Crippen LogP contribution is -2.33. The van der Waals surface area contributed by atoms with Crippen molar-refractivity contribution in [2.24, 2.45) is 0 Å². The molecule has 0 aliphatic rings. The summed E-state index contributed by atoms with van der Waals surface area (Å²) >= 11 is 0. The molecule has 0 aromatic rings. The minimum Gasteiger partial charge on any atom is -0.465 e. The van der Waals surface area contributed by atoms with Crippen molar-refractivity contribution in [1.29, 1.82) is 0 Å². The summed E-state index contributed by atoms with van der Waals surface area (Å²) < 4.78 is 27.3. The highest BCUT2D eigenvalue weighted by atomic mass is 32.2.